The highest BCUT2D eigenvalue weighted by Gasteiger charge is 2.45. The van der Waals surface area contributed by atoms with E-state index in [4.69, 9.17) is 9.47 Å². The van der Waals surface area contributed by atoms with E-state index in [1.807, 2.05) is 60.7 Å². The highest BCUT2D eigenvalue weighted by atomic mass is 32.1. The summed E-state index contributed by atoms with van der Waals surface area (Å²) in [5.74, 6) is -0.182. The van der Waals surface area contributed by atoms with Gasteiger partial charge in [-0.05, 0) is 86.5 Å². The molecular formula is C38H42N2O5S2. The second-order valence-electron chi connectivity index (χ2n) is 12.6. The van der Waals surface area contributed by atoms with E-state index in [-0.39, 0.29) is 25.1 Å². The molecule has 2 heterocycles. The number of carbonyl (C=O) groups is 3. The molecule has 0 bridgehead atoms. The molecule has 2 unspecified atom stereocenters. The third kappa shape index (κ3) is 6.35. The topological polar surface area (TPSA) is 93.7 Å². The van der Waals surface area contributed by atoms with E-state index in [2.05, 4.69) is 24.5 Å². The Hall–Kier alpha value is -3.95. The molecular weight excluding hydrogens is 629 g/mol. The summed E-state index contributed by atoms with van der Waals surface area (Å²) in [5.41, 5.74) is 2.88. The molecule has 2 aromatic heterocycles. The molecule has 1 amide bonds. The number of esters is 2. The molecule has 0 saturated heterocycles. The van der Waals surface area contributed by atoms with E-state index in [1.54, 1.807) is 13.8 Å². The predicted molar refractivity (Wildman–Crippen MR) is 189 cm³/mol. The molecule has 2 atom stereocenters. The quantitative estimate of drug-likeness (QED) is 0.165. The van der Waals surface area contributed by atoms with Gasteiger partial charge in [-0.2, -0.15) is 0 Å². The fraction of sp³-hybridized carbons (Fsp3) is 0.395. The lowest BCUT2D eigenvalue weighted by molar-refractivity contribution is -0.119. The number of amides is 1. The molecule has 0 radical (unpaired) electrons. The molecule has 0 aliphatic heterocycles. The second-order valence-corrected chi connectivity index (χ2v) is 14.8. The normalized spacial score (nSPS) is 17.3. The monoisotopic (exact) mass is 670 g/mol. The van der Waals surface area contributed by atoms with E-state index < -0.39 is 11.5 Å². The average molecular weight is 671 g/mol. The molecule has 2 N–H and O–H groups in total. The molecule has 2 aliphatic rings. The first-order chi connectivity index (χ1) is 22.8. The summed E-state index contributed by atoms with van der Waals surface area (Å²) in [6, 6.07) is 19.2. The summed E-state index contributed by atoms with van der Waals surface area (Å²) in [5, 5.41) is 7.99. The smallest absolute Gasteiger partial charge is 0.341 e. The number of carbonyl (C=O) groups excluding carboxylic acids is 3. The Morgan fingerprint density at radius 2 is 1.17 bits per heavy atom. The van der Waals surface area contributed by atoms with Gasteiger partial charge in [0.2, 0.25) is 0 Å². The second kappa shape index (κ2) is 14.0. The highest BCUT2D eigenvalue weighted by Crippen LogP contribution is 2.46. The van der Waals surface area contributed by atoms with E-state index in [9.17, 15) is 9.59 Å². The zero-order chi connectivity index (χ0) is 33.1. The van der Waals surface area contributed by atoms with Gasteiger partial charge in [0.1, 0.15) is 10.0 Å². The molecule has 7 nitrogen and oxygen atoms in total. The van der Waals surface area contributed by atoms with Crippen LogP contribution in [0, 0.1) is 11.8 Å². The van der Waals surface area contributed by atoms with E-state index in [0.29, 0.717) is 44.1 Å². The van der Waals surface area contributed by atoms with Crippen molar-refractivity contribution < 1.29 is 23.9 Å². The van der Waals surface area contributed by atoms with Crippen molar-refractivity contribution in [1.82, 2.24) is 0 Å². The van der Waals surface area contributed by atoms with Crippen molar-refractivity contribution in [2.45, 2.75) is 71.8 Å². The first kappa shape index (κ1) is 33.0. The van der Waals surface area contributed by atoms with Crippen LogP contribution < -0.4 is 10.6 Å². The van der Waals surface area contributed by atoms with Crippen molar-refractivity contribution in [3.63, 3.8) is 0 Å². The summed E-state index contributed by atoms with van der Waals surface area (Å²) in [6.07, 6.45) is 5.22. The van der Waals surface area contributed by atoms with Crippen LogP contribution >= 0.6 is 22.7 Å². The van der Waals surface area contributed by atoms with Gasteiger partial charge in [-0.25, -0.2) is 9.59 Å². The van der Waals surface area contributed by atoms with Crippen molar-refractivity contribution in [3.05, 3.63) is 104 Å². The molecule has 6 rings (SSSR count). The van der Waals surface area contributed by atoms with E-state index >= 15 is 4.79 Å². The number of ether oxygens (including phenoxy) is 2. The maximum Gasteiger partial charge on any atom is 0.341 e. The Labute approximate surface area is 284 Å². The molecule has 2 aromatic carbocycles. The van der Waals surface area contributed by atoms with Crippen LogP contribution in [0.25, 0.3) is 0 Å². The minimum atomic E-state index is -1.47. The standard InChI is InChI=1S/C38H42N2O5S2/c1-5-44-35(41)31-27-19-17-23(3)21-29(27)46-33(31)39-37(43)38(25-13-9-7-10-14-25,26-15-11-8-12-16-26)40-34-32(36(42)45-6-2)28-20-18-24(4)22-30(28)47-34/h7-16,23-24,40H,5-6,17-22H2,1-4H3,(H,39,43). The largest absolute Gasteiger partial charge is 0.462 e. The molecule has 0 saturated carbocycles. The van der Waals surface area contributed by atoms with Gasteiger partial charge in [-0.3, -0.25) is 4.79 Å². The van der Waals surface area contributed by atoms with Crippen molar-refractivity contribution in [2.24, 2.45) is 11.8 Å². The minimum Gasteiger partial charge on any atom is -0.462 e. The third-order valence-corrected chi connectivity index (χ3v) is 11.6. The van der Waals surface area contributed by atoms with Crippen LogP contribution in [0.4, 0.5) is 10.0 Å². The molecule has 47 heavy (non-hydrogen) atoms. The van der Waals surface area contributed by atoms with Crippen molar-refractivity contribution in [3.8, 4) is 0 Å². The zero-order valence-electron chi connectivity index (χ0n) is 27.4. The van der Waals surface area contributed by atoms with Gasteiger partial charge < -0.3 is 20.1 Å². The number of rotatable bonds is 10. The fourth-order valence-electron chi connectivity index (χ4n) is 6.89. The van der Waals surface area contributed by atoms with Gasteiger partial charge >= 0.3 is 11.9 Å². The van der Waals surface area contributed by atoms with Gasteiger partial charge in [0, 0.05) is 9.75 Å². The lowest BCUT2D eigenvalue weighted by Crippen LogP contribution is -2.48. The van der Waals surface area contributed by atoms with Crippen LogP contribution in [0.3, 0.4) is 0 Å². The zero-order valence-corrected chi connectivity index (χ0v) is 29.1. The number of fused-ring (bicyclic) bond motifs is 2. The van der Waals surface area contributed by atoms with Crippen LogP contribution in [-0.2, 0) is 45.5 Å². The van der Waals surface area contributed by atoms with E-state index in [0.717, 1.165) is 59.4 Å². The van der Waals surface area contributed by atoms with Crippen LogP contribution in [-0.4, -0.2) is 31.1 Å². The lowest BCUT2D eigenvalue weighted by atomic mass is 9.81. The first-order valence-electron chi connectivity index (χ1n) is 16.6. The molecule has 246 valence electrons. The summed E-state index contributed by atoms with van der Waals surface area (Å²) < 4.78 is 11.1. The number of nitrogens with one attached hydrogen (secondary N) is 2. The van der Waals surface area contributed by atoms with Crippen molar-refractivity contribution in [2.75, 3.05) is 23.8 Å². The minimum absolute atomic E-state index is 0.241. The van der Waals surface area contributed by atoms with Crippen molar-refractivity contribution >= 4 is 50.5 Å². The summed E-state index contributed by atoms with van der Waals surface area (Å²) >= 11 is 3.00. The number of hydrogen-bond donors (Lipinski definition) is 2. The Balaban J connectivity index is 1.54. The van der Waals surface area contributed by atoms with Crippen LogP contribution in [0.1, 0.15) is 93.3 Å². The maximum atomic E-state index is 15.2. The summed E-state index contributed by atoms with van der Waals surface area (Å²) in [4.78, 5) is 44.5. The molecule has 4 aromatic rings. The molecule has 0 spiro atoms. The molecule has 2 aliphatic carbocycles. The SMILES string of the molecule is CCOC(=O)c1c(NC(=O)C(Nc2sc3c(c2C(=O)OCC)CCC(C)C3)(c2ccccc2)c2ccccc2)sc2c1CCC(C)C2. The summed E-state index contributed by atoms with van der Waals surface area (Å²) in [7, 11) is 0. The predicted octanol–water partition coefficient (Wildman–Crippen LogP) is 8.41. The molecule has 9 heteroatoms. The Bertz CT molecular complexity index is 1720. The maximum absolute atomic E-state index is 15.2. The van der Waals surface area contributed by atoms with Gasteiger partial charge in [-0.1, -0.05) is 74.5 Å². The van der Waals surface area contributed by atoms with Crippen LogP contribution in [0.5, 0.6) is 0 Å². The fourth-order valence-corrected chi connectivity index (χ4v) is 9.74. The number of benzene rings is 2. The number of hydrogen-bond acceptors (Lipinski definition) is 8. The number of anilines is 2. The Kier molecular flexibility index (Phi) is 9.85. The first-order valence-corrected chi connectivity index (χ1v) is 18.2. The highest BCUT2D eigenvalue weighted by molar-refractivity contribution is 7.17. The number of thiophene rings is 2. The lowest BCUT2D eigenvalue weighted by Gasteiger charge is -2.35. The average Bonchev–Trinajstić information content (AvgIpc) is 3.60. The summed E-state index contributed by atoms with van der Waals surface area (Å²) in [6.45, 7) is 8.53. The molecule has 0 fully saturated rings. The van der Waals surface area contributed by atoms with Crippen LogP contribution in [0.2, 0.25) is 0 Å². The third-order valence-electron chi connectivity index (χ3n) is 9.26. The van der Waals surface area contributed by atoms with Gasteiger partial charge in [0.05, 0.1) is 24.3 Å². The Morgan fingerprint density at radius 1 is 0.723 bits per heavy atom. The van der Waals surface area contributed by atoms with Gasteiger partial charge in [0.15, 0.2) is 5.54 Å². The van der Waals surface area contributed by atoms with Gasteiger partial charge in [0.25, 0.3) is 5.91 Å². The van der Waals surface area contributed by atoms with Gasteiger partial charge in [-0.15, -0.1) is 22.7 Å². The van der Waals surface area contributed by atoms with Crippen LogP contribution in [0.15, 0.2) is 60.7 Å². The van der Waals surface area contributed by atoms with E-state index in [1.165, 1.54) is 22.7 Å². The Morgan fingerprint density at radius 3 is 1.64 bits per heavy atom. The van der Waals surface area contributed by atoms with Crippen molar-refractivity contribution in [1.29, 1.82) is 0 Å².